The number of hydrogen-bond donors (Lipinski definition) is 2. The molecule has 4 aromatic carbocycles. The molecule has 1 aliphatic rings. The Kier molecular flexibility index (Phi) is 16.4. The van der Waals surface area contributed by atoms with E-state index in [0.29, 0.717) is 57.6 Å². The van der Waals surface area contributed by atoms with Gasteiger partial charge >= 0.3 is 18.1 Å². The number of hydrogen-bond acceptors (Lipinski definition) is 12. The number of para-hydroxylation sites is 1. The second-order valence-corrected chi connectivity index (χ2v) is 17.4. The standard InChI is InChI=1S/C48H46ClFN6O5S.C2HF3O2/c1-30-36(18-19-39(43(30)49)60-27-26-56-24-22-55(2)23-25-56)41-42-46(52-29-53-47(42)62-44(41)32-12-15-34(50)16-13-32)61-40(48(57)58)28-33-9-5-4-8-31(33)14-17-35-20-21-51-45(54-35)37-10-6-7-11-38(37)59-3;3-2(4,5)1(6)7/h4-13,15-16,18-21,29,40H,14,17,22-28H2,1-3H3,(H,57,58);(H,6,7)/t40-;/m1./s1. The van der Waals surface area contributed by atoms with Crippen molar-refractivity contribution in [2.24, 2.45) is 0 Å². The summed E-state index contributed by atoms with van der Waals surface area (Å²) in [5, 5.41) is 18.8. The zero-order valence-corrected chi connectivity index (χ0v) is 39.2. The smallest absolute Gasteiger partial charge is 0.490 e. The molecule has 1 saturated heterocycles. The zero-order valence-electron chi connectivity index (χ0n) is 37.7. The van der Waals surface area contributed by atoms with Gasteiger partial charge in [-0.15, -0.1) is 11.3 Å². The van der Waals surface area contributed by atoms with Gasteiger partial charge in [0, 0.05) is 61.5 Å². The number of carboxylic acid groups (broad SMARTS) is 2. The van der Waals surface area contributed by atoms with E-state index in [1.807, 2.05) is 73.7 Å². The number of rotatable bonds is 16. The molecule has 0 radical (unpaired) electrons. The van der Waals surface area contributed by atoms with E-state index in [0.717, 1.165) is 76.7 Å². The maximum Gasteiger partial charge on any atom is 0.490 e. The van der Waals surface area contributed by atoms with Gasteiger partial charge in [0.15, 0.2) is 5.82 Å². The second kappa shape index (κ2) is 22.6. The molecule has 19 heteroatoms. The molecule has 13 nitrogen and oxygen atoms in total. The summed E-state index contributed by atoms with van der Waals surface area (Å²) in [6, 6.07) is 27.3. The van der Waals surface area contributed by atoms with Gasteiger partial charge in [-0.25, -0.2) is 33.9 Å². The van der Waals surface area contributed by atoms with Crippen LogP contribution in [0, 0.1) is 12.7 Å². The number of carbonyl (C=O) groups is 2. The van der Waals surface area contributed by atoms with Gasteiger partial charge in [-0.3, -0.25) is 4.90 Å². The third-order valence-electron chi connectivity index (χ3n) is 11.4. The molecule has 1 atom stereocenters. The predicted molar refractivity (Wildman–Crippen MR) is 255 cm³/mol. The molecule has 1 aliphatic heterocycles. The van der Waals surface area contributed by atoms with Crippen molar-refractivity contribution >= 4 is 45.1 Å². The molecule has 7 aromatic rings. The van der Waals surface area contributed by atoms with E-state index in [1.165, 1.54) is 29.8 Å². The highest BCUT2D eigenvalue weighted by Crippen LogP contribution is 2.49. The summed E-state index contributed by atoms with van der Waals surface area (Å²) < 4.78 is 64.2. The Morgan fingerprint density at radius 1 is 0.855 bits per heavy atom. The Labute approximate surface area is 403 Å². The lowest BCUT2D eigenvalue weighted by Crippen LogP contribution is -2.45. The SMILES string of the molecule is COc1ccccc1-c1nccc(CCc2ccccc2C[C@@H](Oc2ncnc3sc(-c4ccc(F)cc4)c(-c4ccc(OCCN5CCN(C)CC5)c(Cl)c4C)c23)C(=O)O)n1.O=C(O)C(F)(F)F. The Bertz CT molecular complexity index is 2920. The first-order valence-electron chi connectivity index (χ1n) is 21.7. The molecular weight excluding hydrogens is 940 g/mol. The van der Waals surface area contributed by atoms with Crippen LogP contribution in [-0.4, -0.2) is 118 Å². The van der Waals surface area contributed by atoms with Crippen LogP contribution in [0.5, 0.6) is 17.4 Å². The minimum absolute atomic E-state index is 0.0720. The molecule has 0 saturated carbocycles. The molecule has 0 amide bonds. The fourth-order valence-electron chi connectivity index (χ4n) is 7.73. The number of fused-ring (bicyclic) bond motifs is 1. The number of likely N-dealkylation sites (N-methyl/N-ethyl adjacent to an activating group) is 1. The summed E-state index contributed by atoms with van der Waals surface area (Å²) in [6.07, 6.45) is -2.00. The first-order valence-corrected chi connectivity index (χ1v) is 22.9. The third kappa shape index (κ3) is 12.5. The van der Waals surface area contributed by atoms with Crippen molar-refractivity contribution in [2.75, 3.05) is 53.5 Å². The highest BCUT2D eigenvalue weighted by molar-refractivity contribution is 7.22. The van der Waals surface area contributed by atoms with Gasteiger partial charge in [-0.1, -0.05) is 66.2 Å². The molecule has 0 spiro atoms. The average Bonchev–Trinajstić information content (AvgIpc) is 3.73. The number of aryl methyl sites for hydroxylation is 2. The third-order valence-corrected chi connectivity index (χ3v) is 13.1. The first-order chi connectivity index (χ1) is 33.1. The highest BCUT2D eigenvalue weighted by Gasteiger charge is 2.38. The van der Waals surface area contributed by atoms with Gasteiger partial charge in [0.1, 0.15) is 35.1 Å². The fourth-order valence-corrected chi connectivity index (χ4v) is 9.10. The molecule has 0 aliphatic carbocycles. The quantitative estimate of drug-likeness (QED) is 0.0882. The minimum Gasteiger partial charge on any atom is -0.496 e. The largest absolute Gasteiger partial charge is 0.496 e. The summed E-state index contributed by atoms with van der Waals surface area (Å²) in [6.45, 7) is 7.22. The van der Waals surface area contributed by atoms with Crippen LogP contribution in [0.4, 0.5) is 17.6 Å². The number of piperazine rings is 1. The zero-order chi connectivity index (χ0) is 49.2. The molecule has 2 N–H and O–H groups in total. The average molecular weight is 987 g/mol. The van der Waals surface area contributed by atoms with Crippen molar-refractivity contribution < 1.29 is 51.6 Å². The van der Waals surface area contributed by atoms with Crippen molar-refractivity contribution in [1.29, 1.82) is 0 Å². The normalized spacial score (nSPS) is 13.6. The number of thiophene rings is 1. The molecular formula is C50H47ClF4N6O7S. The molecule has 8 rings (SSSR count). The Morgan fingerprint density at radius 3 is 2.25 bits per heavy atom. The van der Waals surface area contributed by atoms with Crippen LogP contribution < -0.4 is 14.2 Å². The monoisotopic (exact) mass is 986 g/mol. The van der Waals surface area contributed by atoms with E-state index in [2.05, 4.69) is 31.8 Å². The minimum atomic E-state index is -5.08. The van der Waals surface area contributed by atoms with E-state index in [9.17, 15) is 27.5 Å². The van der Waals surface area contributed by atoms with Gasteiger partial charge in [-0.2, -0.15) is 13.2 Å². The number of aliphatic carboxylic acids is 2. The maximum atomic E-state index is 14.2. The molecule has 1 fully saturated rings. The van der Waals surface area contributed by atoms with E-state index >= 15 is 0 Å². The van der Waals surface area contributed by atoms with Crippen molar-refractivity contribution in [3.8, 4) is 50.3 Å². The summed E-state index contributed by atoms with van der Waals surface area (Å²) in [7, 11) is 3.75. The van der Waals surface area contributed by atoms with Gasteiger partial charge in [-0.05, 0) is 91.0 Å². The Balaban J connectivity index is 0.000000933. The summed E-state index contributed by atoms with van der Waals surface area (Å²) >= 11 is 8.45. The number of alkyl halides is 3. The molecule has 69 heavy (non-hydrogen) atoms. The van der Waals surface area contributed by atoms with Gasteiger partial charge in [0.05, 0.1) is 23.1 Å². The Hall–Kier alpha value is -6.73. The van der Waals surface area contributed by atoms with Crippen LogP contribution in [0.25, 0.3) is 43.2 Å². The number of ether oxygens (including phenoxy) is 3. The number of nitrogens with zero attached hydrogens (tertiary/aromatic N) is 6. The molecule has 0 bridgehead atoms. The molecule has 4 heterocycles. The predicted octanol–water partition coefficient (Wildman–Crippen LogP) is 9.71. The number of benzene rings is 4. The van der Waals surface area contributed by atoms with Crippen LogP contribution in [0.3, 0.4) is 0 Å². The summed E-state index contributed by atoms with van der Waals surface area (Å²) in [5.41, 5.74) is 6.41. The molecule has 3 aromatic heterocycles. The number of carboxylic acids is 2. The lowest BCUT2D eigenvalue weighted by atomic mass is 9.95. The number of methoxy groups -OCH3 is 1. The van der Waals surface area contributed by atoms with Gasteiger partial charge in [0.2, 0.25) is 12.0 Å². The van der Waals surface area contributed by atoms with Crippen LogP contribution in [0.1, 0.15) is 22.4 Å². The Morgan fingerprint density at radius 2 is 1.55 bits per heavy atom. The van der Waals surface area contributed by atoms with Crippen molar-refractivity contribution in [3.63, 3.8) is 0 Å². The van der Waals surface area contributed by atoms with E-state index < -0.39 is 24.2 Å². The highest BCUT2D eigenvalue weighted by atomic mass is 35.5. The number of aromatic nitrogens is 4. The van der Waals surface area contributed by atoms with Crippen molar-refractivity contribution in [2.45, 2.75) is 38.5 Å². The van der Waals surface area contributed by atoms with Crippen molar-refractivity contribution in [3.05, 3.63) is 137 Å². The van der Waals surface area contributed by atoms with E-state index in [1.54, 1.807) is 25.4 Å². The first kappa shape index (κ1) is 50.2. The van der Waals surface area contributed by atoms with Crippen LogP contribution in [0.2, 0.25) is 5.02 Å². The summed E-state index contributed by atoms with van der Waals surface area (Å²) in [5.74, 6) is -2.32. The lowest BCUT2D eigenvalue weighted by Gasteiger charge is -2.32. The molecule has 360 valence electrons. The molecule has 0 unspecified atom stereocenters. The lowest BCUT2D eigenvalue weighted by molar-refractivity contribution is -0.192. The van der Waals surface area contributed by atoms with Crippen LogP contribution in [-0.2, 0) is 28.9 Å². The van der Waals surface area contributed by atoms with Crippen LogP contribution >= 0.6 is 22.9 Å². The number of halogens is 5. The van der Waals surface area contributed by atoms with Gasteiger partial charge in [0.25, 0.3) is 0 Å². The van der Waals surface area contributed by atoms with E-state index in [4.69, 9.17) is 40.7 Å². The van der Waals surface area contributed by atoms with E-state index in [-0.39, 0.29) is 18.1 Å². The summed E-state index contributed by atoms with van der Waals surface area (Å²) in [4.78, 5) is 46.5. The topological polar surface area (TPSA) is 160 Å². The fraction of sp³-hybridized carbons (Fsp3) is 0.280. The second-order valence-electron chi connectivity index (χ2n) is 16.0. The van der Waals surface area contributed by atoms with Gasteiger partial charge < -0.3 is 29.3 Å². The van der Waals surface area contributed by atoms with Crippen LogP contribution in [0.15, 0.2) is 104 Å². The maximum absolute atomic E-state index is 14.2. The van der Waals surface area contributed by atoms with Crippen molar-refractivity contribution in [1.82, 2.24) is 29.7 Å².